The van der Waals surface area contributed by atoms with E-state index in [2.05, 4.69) is 15.0 Å². The molecule has 0 saturated heterocycles. The van der Waals surface area contributed by atoms with Gasteiger partial charge in [0.15, 0.2) is 0 Å². The van der Waals surface area contributed by atoms with Crippen LogP contribution < -0.4 is 0 Å². The fraction of sp³-hybridized carbons (Fsp3) is 0. The van der Waals surface area contributed by atoms with Gasteiger partial charge in [-0.3, -0.25) is 0 Å². The van der Waals surface area contributed by atoms with Crippen LogP contribution in [0.25, 0.3) is 10.3 Å². The summed E-state index contributed by atoms with van der Waals surface area (Å²) in [5, 5.41) is 0.402. The van der Waals surface area contributed by atoms with Crippen molar-refractivity contribution in [3.8, 4) is 0 Å². The van der Waals surface area contributed by atoms with E-state index in [1.165, 1.54) is 17.4 Å². The molecule has 12 heavy (non-hydrogen) atoms. The molecule has 0 unspecified atom stereocenters. The molecule has 0 atom stereocenters. The number of carbonyl (C=O) groups excluding carboxylic acids is 1. The SMILES string of the molecule is O=C=Nc1nc2cccnc2s1. The Labute approximate surface area is 71.6 Å². The average molecular weight is 177 g/mol. The van der Waals surface area contributed by atoms with E-state index in [4.69, 9.17) is 0 Å². The van der Waals surface area contributed by atoms with Crippen molar-refractivity contribution in [2.75, 3.05) is 0 Å². The maximum atomic E-state index is 9.91. The van der Waals surface area contributed by atoms with Gasteiger partial charge in [-0.15, -0.1) is 4.99 Å². The lowest BCUT2D eigenvalue weighted by Gasteiger charge is -1.79. The summed E-state index contributed by atoms with van der Waals surface area (Å²) in [6.45, 7) is 0. The molecule has 0 N–H and O–H groups in total. The van der Waals surface area contributed by atoms with Gasteiger partial charge in [-0.25, -0.2) is 14.8 Å². The third-order valence-corrected chi connectivity index (χ3v) is 2.17. The Bertz CT molecular complexity index is 425. The number of hydrogen-bond donors (Lipinski definition) is 0. The molecule has 0 aliphatic rings. The van der Waals surface area contributed by atoms with Crippen molar-refractivity contribution in [1.82, 2.24) is 9.97 Å². The van der Waals surface area contributed by atoms with E-state index >= 15 is 0 Å². The van der Waals surface area contributed by atoms with Crippen LogP contribution in [0, 0.1) is 0 Å². The van der Waals surface area contributed by atoms with Gasteiger partial charge in [-0.2, -0.15) is 0 Å². The fourth-order valence-corrected chi connectivity index (χ4v) is 1.58. The number of thiazole rings is 1. The van der Waals surface area contributed by atoms with Crippen molar-refractivity contribution in [3.05, 3.63) is 18.3 Å². The summed E-state index contributed by atoms with van der Waals surface area (Å²) in [5.41, 5.74) is 0.761. The van der Waals surface area contributed by atoms with Crippen LogP contribution in [0.15, 0.2) is 23.3 Å². The second-order valence-electron chi connectivity index (χ2n) is 2.03. The van der Waals surface area contributed by atoms with E-state index < -0.39 is 0 Å². The van der Waals surface area contributed by atoms with Gasteiger partial charge in [0.25, 0.3) is 0 Å². The number of pyridine rings is 1. The van der Waals surface area contributed by atoms with E-state index in [-0.39, 0.29) is 0 Å². The highest BCUT2D eigenvalue weighted by molar-refractivity contribution is 7.21. The lowest BCUT2D eigenvalue weighted by molar-refractivity contribution is 0.565. The number of fused-ring (bicyclic) bond motifs is 1. The van der Waals surface area contributed by atoms with Gasteiger partial charge in [-0.1, -0.05) is 11.3 Å². The number of hydrogen-bond acceptors (Lipinski definition) is 5. The van der Waals surface area contributed by atoms with Crippen LogP contribution in [0.2, 0.25) is 0 Å². The van der Waals surface area contributed by atoms with Gasteiger partial charge >= 0.3 is 0 Å². The summed E-state index contributed by atoms with van der Waals surface area (Å²) in [6, 6.07) is 3.61. The van der Waals surface area contributed by atoms with Crippen LogP contribution in [0.4, 0.5) is 5.13 Å². The second-order valence-corrected chi connectivity index (χ2v) is 2.98. The lowest BCUT2D eigenvalue weighted by Crippen LogP contribution is -1.68. The highest BCUT2D eigenvalue weighted by Gasteiger charge is 2.01. The number of aromatic nitrogens is 2. The topological polar surface area (TPSA) is 55.2 Å². The molecule has 0 saturated carbocycles. The summed E-state index contributed by atoms with van der Waals surface area (Å²) in [4.78, 5) is 22.2. The first-order chi connectivity index (χ1) is 5.90. The molecule has 0 radical (unpaired) electrons. The Morgan fingerprint density at radius 3 is 3.25 bits per heavy atom. The van der Waals surface area contributed by atoms with E-state index in [0.29, 0.717) is 5.13 Å². The van der Waals surface area contributed by atoms with Crippen molar-refractivity contribution in [1.29, 1.82) is 0 Å². The Morgan fingerprint density at radius 1 is 1.58 bits per heavy atom. The van der Waals surface area contributed by atoms with Gasteiger partial charge in [0.1, 0.15) is 10.3 Å². The zero-order valence-corrected chi connectivity index (χ0v) is 6.71. The first-order valence-corrected chi connectivity index (χ1v) is 4.01. The van der Waals surface area contributed by atoms with E-state index in [1.807, 2.05) is 6.07 Å². The minimum Gasteiger partial charge on any atom is -0.244 e. The van der Waals surface area contributed by atoms with E-state index in [1.54, 1.807) is 12.3 Å². The smallest absolute Gasteiger partial charge is 0.242 e. The molecule has 2 rings (SSSR count). The second kappa shape index (κ2) is 2.81. The van der Waals surface area contributed by atoms with Crippen molar-refractivity contribution < 1.29 is 4.79 Å². The summed E-state index contributed by atoms with van der Waals surface area (Å²) in [7, 11) is 0. The van der Waals surface area contributed by atoms with Crippen LogP contribution in [-0.4, -0.2) is 16.0 Å². The van der Waals surface area contributed by atoms with Crippen LogP contribution in [0.1, 0.15) is 0 Å². The Balaban J connectivity index is 2.69. The van der Waals surface area contributed by atoms with Crippen LogP contribution in [0.5, 0.6) is 0 Å². The Kier molecular flexibility index (Phi) is 1.66. The Morgan fingerprint density at radius 2 is 2.50 bits per heavy atom. The maximum Gasteiger partial charge on any atom is 0.242 e. The van der Waals surface area contributed by atoms with Crippen molar-refractivity contribution in [2.45, 2.75) is 0 Å². The van der Waals surface area contributed by atoms with Crippen LogP contribution in [-0.2, 0) is 4.79 Å². The molecule has 58 valence electrons. The molecular formula is C7H3N3OS. The standard InChI is InChI=1S/C7H3N3OS/c11-4-9-7-10-5-2-1-3-8-6(5)12-7/h1-3H. The van der Waals surface area contributed by atoms with Gasteiger partial charge in [0, 0.05) is 6.20 Å². The van der Waals surface area contributed by atoms with E-state index in [9.17, 15) is 4.79 Å². The molecule has 2 aromatic heterocycles. The third kappa shape index (κ3) is 1.11. The molecule has 0 amide bonds. The van der Waals surface area contributed by atoms with Crippen molar-refractivity contribution in [3.63, 3.8) is 0 Å². The predicted octanol–water partition coefficient (Wildman–Crippen LogP) is 1.66. The molecule has 0 fully saturated rings. The predicted molar refractivity (Wildman–Crippen MR) is 45.2 cm³/mol. The number of aliphatic imine (C=N–C) groups is 1. The highest BCUT2D eigenvalue weighted by atomic mass is 32.1. The third-order valence-electron chi connectivity index (χ3n) is 1.30. The van der Waals surface area contributed by atoms with Crippen LogP contribution in [0.3, 0.4) is 0 Å². The van der Waals surface area contributed by atoms with Gasteiger partial charge < -0.3 is 0 Å². The first kappa shape index (κ1) is 7.09. The summed E-state index contributed by atoms with van der Waals surface area (Å²) >= 11 is 1.27. The minimum absolute atomic E-state index is 0.402. The minimum atomic E-state index is 0.402. The molecule has 0 aromatic carbocycles. The molecule has 0 spiro atoms. The molecule has 0 aliphatic heterocycles. The molecule has 2 aromatic rings. The normalized spacial score (nSPS) is 9.67. The quantitative estimate of drug-likeness (QED) is 0.491. The number of rotatable bonds is 1. The molecule has 2 heterocycles. The fourth-order valence-electron chi connectivity index (χ4n) is 0.845. The van der Waals surface area contributed by atoms with E-state index in [0.717, 1.165) is 10.3 Å². The Hall–Kier alpha value is -1.58. The summed E-state index contributed by atoms with van der Waals surface area (Å²) in [6.07, 6.45) is 3.12. The lowest BCUT2D eigenvalue weighted by atomic mass is 10.5. The molecule has 5 heteroatoms. The highest BCUT2D eigenvalue weighted by Crippen LogP contribution is 2.24. The maximum absolute atomic E-state index is 9.91. The number of isocyanates is 1. The summed E-state index contributed by atoms with van der Waals surface area (Å²) < 4.78 is 0. The van der Waals surface area contributed by atoms with Gasteiger partial charge in [0.05, 0.1) is 0 Å². The average Bonchev–Trinajstić information content (AvgIpc) is 2.47. The van der Waals surface area contributed by atoms with Gasteiger partial charge in [0.2, 0.25) is 11.2 Å². The first-order valence-electron chi connectivity index (χ1n) is 3.19. The van der Waals surface area contributed by atoms with Gasteiger partial charge in [-0.05, 0) is 12.1 Å². The molecule has 0 aliphatic carbocycles. The zero-order valence-electron chi connectivity index (χ0n) is 5.89. The molecule has 0 bridgehead atoms. The van der Waals surface area contributed by atoms with Crippen molar-refractivity contribution in [2.24, 2.45) is 4.99 Å². The zero-order chi connectivity index (χ0) is 8.39. The van der Waals surface area contributed by atoms with Crippen molar-refractivity contribution >= 4 is 32.9 Å². The number of nitrogens with zero attached hydrogens (tertiary/aromatic N) is 3. The molecular weight excluding hydrogens is 174 g/mol. The van der Waals surface area contributed by atoms with Crippen LogP contribution >= 0.6 is 11.3 Å². The molecule has 4 nitrogen and oxygen atoms in total. The summed E-state index contributed by atoms with van der Waals surface area (Å²) in [5.74, 6) is 0. The monoisotopic (exact) mass is 177 g/mol. The largest absolute Gasteiger partial charge is 0.244 e.